The second-order valence-electron chi connectivity index (χ2n) is 4.98. The molecule has 128 valence electrons. The first-order chi connectivity index (χ1) is 11.5. The van der Waals surface area contributed by atoms with Crippen molar-refractivity contribution in [1.82, 2.24) is 5.32 Å². The van der Waals surface area contributed by atoms with Crippen molar-refractivity contribution in [3.8, 4) is 0 Å². The molecule has 7 heteroatoms. The minimum Gasteiger partial charge on any atom is -0.453 e. The lowest BCUT2D eigenvalue weighted by Crippen LogP contribution is -2.35. The summed E-state index contributed by atoms with van der Waals surface area (Å²) in [5.74, 6) is -0.0818. The highest BCUT2D eigenvalue weighted by Gasteiger charge is 2.17. The molecule has 0 saturated carbocycles. The number of carbonyl (C=O) groups is 2. The van der Waals surface area contributed by atoms with E-state index in [2.05, 4.69) is 5.32 Å². The van der Waals surface area contributed by atoms with Gasteiger partial charge in [-0.25, -0.2) is 0 Å². The molecule has 0 spiro atoms. The van der Waals surface area contributed by atoms with Crippen LogP contribution >= 0.6 is 34.7 Å². The van der Waals surface area contributed by atoms with E-state index >= 15 is 0 Å². The Labute approximate surface area is 154 Å². The molecule has 0 aliphatic rings. The molecule has 0 aliphatic carbocycles. The van der Waals surface area contributed by atoms with Gasteiger partial charge in [-0.05, 0) is 42.6 Å². The molecular weight excluding hydrogens is 366 g/mol. The fraction of sp³-hybridized carbons (Fsp3) is 0.294. The van der Waals surface area contributed by atoms with Crippen molar-refractivity contribution in [1.29, 1.82) is 0 Å². The van der Waals surface area contributed by atoms with Gasteiger partial charge in [0.05, 0.1) is 13.0 Å². The summed E-state index contributed by atoms with van der Waals surface area (Å²) in [6.07, 6.45) is -0.548. The van der Waals surface area contributed by atoms with Gasteiger partial charge in [0.1, 0.15) is 0 Å². The Hall–Kier alpha value is -1.50. The molecule has 2 rings (SSSR count). The molecule has 1 N–H and O–H groups in total. The van der Waals surface area contributed by atoms with Gasteiger partial charge in [-0.2, -0.15) is 0 Å². The topological polar surface area (TPSA) is 55.4 Å². The molecule has 0 bridgehead atoms. The third kappa shape index (κ3) is 6.55. The molecule has 1 atom stereocenters. The Morgan fingerprint density at radius 1 is 1.29 bits per heavy atom. The number of carbonyl (C=O) groups excluding carboxylic acids is 2. The first kappa shape index (κ1) is 18.8. The van der Waals surface area contributed by atoms with Crippen molar-refractivity contribution < 1.29 is 14.3 Å². The number of amides is 1. The predicted molar refractivity (Wildman–Crippen MR) is 98.5 cm³/mol. The van der Waals surface area contributed by atoms with Crippen LogP contribution in [0, 0.1) is 0 Å². The maximum absolute atomic E-state index is 11.9. The molecule has 1 heterocycles. The smallest absolute Gasteiger partial charge is 0.307 e. The number of nitrogens with one attached hydrogen (secondary N) is 1. The zero-order chi connectivity index (χ0) is 17.4. The summed E-state index contributed by atoms with van der Waals surface area (Å²) in [4.78, 5) is 25.8. The summed E-state index contributed by atoms with van der Waals surface area (Å²) in [6.45, 7) is 2.03. The molecule has 1 amide bonds. The average Bonchev–Trinajstić information content (AvgIpc) is 3.08. The molecule has 0 unspecified atom stereocenters. The number of hydrogen-bond acceptors (Lipinski definition) is 5. The quantitative estimate of drug-likeness (QED) is 0.550. The Bertz CT molecular complexity index is 659. The molecule has 4 nitrogen and oxygen atoms in total. The van der Waals surface area contributed by atoms with Crippen molar-refractivity contribution in [2.75, 3.05) is 5.75 Å². The number of benzene rings is 1. The van der Waals surface area contributed by atoms with Crippen molar-refractivity contribution in [2.45, 2.75) is 30.9 Å². The van der Waals surface area contributed by atoms with Gasteiger partial charge >= 0.3 is 5.97 Å². The van der Waals surface area contributed by atoms with E-state index in [4.69, 9.17) is 16.3 Å². The summed E-state index contributed by atoms with van der Waals surface area (Å²) < 4.78 is 5.16. The van der Waals surface area contributed by atoms with Gasteiger partial charge < -0.3 is 10.1 Å². The second-order valence-corrected chi connectivity index (χ2v) is 7.62. The standard InChI is InChI=1S/C17H18ClNO3S2/c1-12(17(21)19-11-15-3-2-9-23-15)22-16(20)8-10-24-14-6-4-13(18)5-7-14/h2-7,9,12H,8,10-11H2,1H3,(H,19,21)/t12-/m1/s1. The van der Waals surface area contributed by atoms with E-state index < -0.39 is 6.10 Å². The molecule has 0 saturated heterocycles. The summed E-state index contributed by atoms with van der Waals surface area (Å²) >= 11 is 8.93. The number of halogens is 1. The van der Waals surface area contributed by atoms with Crippen molar-refractivity contribution >= 4 is 46.6 Å². The maximum Gasteiger partial charge on any atom is 0.307 e. The van der Waals surface area contributed by atoms with Gasteiger partial charge in [0.15, 0.2) is 6.10 Å². The van der Waals surface area contributed by atoms with E-state index in [0.29, 0.717) is 17.3 Å². The summed E-state index contributed by atoms with van der Waals surface area (Å²) in [6, 6.07) is 11.3. The van der Waals surface area contributed by atoms with E-state index in [-0.39, 0.29) is 18.3 Å². The fourth-order valence-electron chi connectivity index (χ4n) is 1.82. The number of thioether (sulfide) groups is 1. The van der Waals surface area contributed by atoms with Gasteiger partial charge in [0.2, 0.25) is 0 Å². The number of hydrogen-bond donors (Lipinski definition) is 1. The van der Waals surface area contributed by atoms with Crippen LogP contribution < -0.4 is 5.32 Å². The van der Waals surface area contributed by atoms with Crippen LogP contribution in [0.4, 0.5) is 0 Å². The molecular formula is C17H18ClNO3S2. The van der Waals surface area contributed by atoms with Crippen molar-refractivity contribution in [2.24, 2.45) is 0 Å². The van der Waals surface area contributed by atoms with E-state index in [9.17, 15) is 9.59 Å². The lowest BCUT2D eigenvalue weighted by molar-refractivity contribution is -0.154. The van der Waals surface area contributed by atoms with Crippen LogP contribution in [-0.2, 0) is 20.9 Å². The van der Waals surface area contributed by atoms with Gasteiger partial charge in [-0.1, -0.05) is 17.7 Å². The number of ether oxygens (including phenoxy) is 1. The molecule has 0 radical (unpaired) electrons. The highest BCUT2D eigenvalue weighted by Crippen LogP contribution is 2.21. The second kappa shape index (κ2) is 9.71. The van der Waals surface area contributed by atoms with E-state index in [1.165, 1.54) is 0 Å². The maximum atomic E-state index is 11.9. The Morgan fingerprint density at radius 2 is 2.04 bits per heavy atom. The molecule has 1 aromatic heterocycles. The highest BCUT2D eigenvalue weighted by atomic mass is 35.5. The van der Waals surface area contributed by atoms with Gasteiger partial charge in [-0.3, -0.25) is 9.59 Å². The highest BCUT2D eigenvalue weighted by molar-refractivity contribution is 7.99. The zero-order valence-electron chi connectivity index (χ0n) is 13.2. The first-order valence-electron chi connectivity index (χ1n) is 7.42. The van der Waals surface area contributed by atoms with Crippen LogP contribution in [0.15, 0.2) is 46.7 Å². The van der Waals surface area contributed by atoms with E-state index in [1.807, 2.05) is 41.8 Å². The first-order valence-corrected chi connectivity index (χ1v) is 9.67. The molecule has 1 aromatic carbocycles. The lowest BCUT2D eigenvalue weighted by Gasteiger charge is -2.13. The predicted octanol–water partition coefficient (Wildman–Crippen LogP) is 4.13. The average molecular weight is 384 g/mol. The summed E-state index contributed by atoms with van der Waals surface area (Å²) in [5.41, 5.74) is 0. The number of rotatable bonds is 8. The minimum atomic E-state index is -0.794. The third-order valence-electron chi connectivity index (χ3n) is 3.08. The number of thiophene rings is 1. The monoisotopic (exact) mass is 383 g/mol. The normalized spacial score (nSPS) is 11.8. The Kier molecular flexibility index (Phi) is 7.62. The van der Waals surface area contributed by atoms with Crippen LogP contribution in [-0.4, -0.2) is 23.7 Å². The van der Waals surface area contributed by atoms with E-state index in [1.54, 1.807) is 30.0 Å². The number of esters is 1. The largest absolute Gasteiger partial charge is 0.453 e. The zero-order valence-corrected chi connectivity index (χ0v) is 15.5. The van der Waals surface area contributed by atoms with Crippen molar-refractivity contribution in [3.63, 3.8) is 0 Å². The van der Waals surface area contributed by atoms with Crippen molar-refractivity contribution in [3.05, 3.63) is 51.7 Å². The van der Waals surface area contributed by atoms with Gasteiger partial charge in [-0.15, -0.1) is 23.1 Å². The van der Waals surface area contributed by atoms with Crippen LogP contribution in [0.3, 0.4) is 0 Å². The molecule has 2 aromatic rings. The summed E-state index contributed by atoms with van der Waals surface area (Å²) in [5, 5.41) is 5.38. The van der Waals surface area contributed by atoms with Gasteiger partial charge in [0, 0.05) is 20.5 Å². The molecule has 0 aliphatic heterocycles. The van der Waals surface area contributed by atoms with E-state index in [0.717, 1.165) is 9.77 Å². The SMILES string of the molecule is C[C@@H](OC(=O)CCSc1ccc(Cl)cc1)C(=O)NCc1cccs1. The Balaban J connectivity index is 1.65. The van der Waals surface area contributed by atoms with Gasteiger partial charge in [0.25, 0.3) is 5.91 Å². The van der Waals surface area contributed by atoms with Crippen LogP contribution in [0.1, 0.15) is 18.2 Å². The fourth-order valence-corrected chi connectivity index (χ4v) is 3.43. The molecule has 24 heavy (non-hydrogen) atoms. The molecule has 0 fully saturated rings. The Morgan fingerprint density at radius 3 is 2.71 bits per heavy atom. The third-order valence-corrected chi connectivity index (χ3v) is 5.23. The summed E-state index contributed by atoms with van der Waals surface area (Å²) in [7, 11) is 0. The lowest BCUT2D eigenvalue weighted by atomic mass is 10.3. The van der Waals surface area contributed by atoms with Crippen LogP contribution in [0.25, 0.3) is 0 Å². The van der Waals surface area contributed by atoms with Crippen LogP contribution in [0.5, 0.6) is 0 Å². The van der Waals surface area contributed by atoms with Crippen LogP contribution in [0.2, 0.25) is 5.02 Å². The minimum absolute atomic E-state index is 0.246.